The molecule has 1 fully saturated rings. The highest BCUT2D eigenvalue weighted by Crippen LogP contribution is 2.33. The van der Waals surface area contributed by atoms with E-state index in [0.29, 0.717) is 16.7 Å². The second-order valence-corrected chi connectivity index (χ2v) is 6.95. The summed E-state index contributed by atoms with van der Waals surface area (Å²) in [6.07, 6.45) is 0.911. The average Bonchev–Trinajstić information content (AvgIpc) is 3.31. The number of nitrogens with one attached hydrogen (secondary N) is 1. The molecule has 0 aliphatic carbocycles. The standard InChI is InChI=1S/C21H19FN2O4/c1-24-10-9-16(13-5-3-2-4-6-13)19(24)20(25)23-15-7-8-17-14(11-15)12-18(27-17)21(26)28-22/h2-8,11-12,16,19H,9-10H2,1H3,(H,23,25). The van der Waals surface area contributed by atoms with E-state index in [4.69, 9.17) is 4.42 Å². The first-order valence-electron chi connectivity index (χ1n) is 8.99. The van der Waals surface area contributed by atoms with Gasteiger partial charge in [0, 0.05) is 21.5 Å². The fourth-order valence-electron chi connectivity index (χ4n) is 3.85. The SMILES string of the molecule is CN1CCC(c2ccccc2)C1C(=O)Nc1ccc2oc(C(=O)OF)cc2c1. The Morgan fingerprint density at radius 2 is 1.96 bits per heavy atom. The molecule has 1 saturated heterocycles. The van der Waals surface area contributed by atoms with Gasteiger partial charge >= 0.3 is 5.97 Å². The molecule has 2 heterocycles. The molecule has 0 radical (unpaired) electrons. The number of furan rings is 1. The number of halogens is 1. The number of anilines is 1. The largest absolute Gasteiger partial charge is 0.449 e. The Bertz CT molecular complexity index is 1020. The van der Waals surface area contributed by atoms with E-state index in [1.165, 1.54) is 6.07 Å². The number of hydrogen-bond acceptors (Lipinski definition) is 5. The zero-order valence-electron chi connectivity index (χ0n) is 15.2. The monoisotopic (exact) mass is 382 g/mol. The van der Waals surface area contributed by atoms with Gasteiger partial charge in [0.1, 0.15) is 5.58 Å². The van der Waals surface area contributed by atoms with Crippen molar-refractivity contribution >= 4 is 28.5 Å². The van der Waals surface area contributed by atoms with Gasteiger partial charge in [-0.15, -0.1) is 0 Å². The summed E-state index contributed by atoms with van der Waals surface area (Å²) in [6, 6.07) is 16.1. The van der Waals surface area contributed by atoms with Gasteiger partial charge in [-0.1, -0.05) is 30.3 Å². The molecule has 2 atom stereocenters. The van der Waals surface area contributed by atoms with Gasteiger partial charge in [0.05, 0.1) is 6.04 Å². The zero-order chi connectivity index (χ0) is 19.7. The summed E-state index contributed by atoms with van der Waals surface area (Å²) in [5.41, 5.74) is 2.12. The van der Waals surface area contributed by atoms with Crippen LogP contribution in [0.1, 0.15) is 28.5 Å². The van der Waals surface area contributed by atoms with Crippen LogP contribution in [0.5, 0.6) is 0 Å². The summed E-state index contributed by atoms with van der Waals surface area (Å²) < 4.78 is 17.3. The highest BCUT2D eigenvalue weighted by molar-refractivity contribution is 5.98. The number of benzene rings is 2. The van der Waals surface area contributed by atoms with Crippen molar-refractivity contribution in [3.05, 3.63) is 65.9 Å². The van der Waals surface area contributed by atoms with Crippen LogP contribution in [-0.4, -0.2) is 36.4 Å². The third-order valence-electron chi connectivity index (χ3n) is 5.20. The summed E-state index contributed by atoms with van der Waals surface area (Å²) in [4.78, 5) is 29.5. The highest BCUT2D eigenvalue weighted by Gasteiger charge is 2.38. The van der Waals surface area contributed by atoms with E-state index in [0.717, 1.165) is 18.5 Å². The molecule has 144 valence electrons. The van der Waals surface area contributed by atoms with Gasteiger partial charge in [-0.05, 0) is 49.8 Å². The third kappa shape index (κ3) is 3.36. The average molecular weight is 382 g/mol. The summed E-state index contributed by atoms with van der Waals surface area (Å²) in [6.45, 7) is 0.840. The minimum atomic E-state index is -1.19. The van der Waals surface area contributed by atoms with E-state index in [9.17, 15) is 14.1 Å². The Morgan fingerprint density at radius 1 is 1.18 bits per heavy atom. The number of fused-ring (bicyclic) bond motifs is 1. The van der Waals surface area contributed by atoms with Gasteiger partial charge in [0.2, 0.25) is 11.7 Å². The number of likely N-dealkylation sites (tertiary alicyclic amines) is 1. The maximum atomic E-state index is 13.0. The highest BCUT2D eigenvalue weighted by atomic mass is 19.3. The Labute approximate surface area is 160 Å². The predicted molar refractivity (Wildman–Crippen MR) is 102 cm³/mol. The van der Waals surface area contributed by atoms with Crippen LogP contribution in [0.15, 0.2) is 59.0 Å². The second-order valence-electron chi connectivity index (χ2n) is 6.95. The minimum Gasteiger partial charge on any atom is -0.449 e. The fraction of sp³-hybridized carbons (Fsp3) is 0.238. The van der Waals surface area contributed by atoms with E-state index in [-0.39, 0.29) is 23.6 Å². The van der Waals surface area contributed by atoms with Gasteiger partial charge in [-0.3, -0.25) is 9.69 Å². The van der Waals surface area contributed by atoms with Crippen molar-refractivity contribution < 1.29 is 23.5 Å². The van der Waals surface area contributed by atoms with Gasteiger partial charge in [-0.2, -0.15) is 0 Å². The topological polar surface area (TPSA) is 71.8 Å². The summed E-state index contributed by atoms with van der Waals surface area (Å²) in [5, 5.41) is 3.51. The van der Waals surface area contributed by atoms with E-state index >= 15 is 0 Å². The second kappa shape index (κ2) is 7.44. The van der Waals surface area contributed by atoms with Crippen molar-refractivity contribution in [3.63, 3.8) is 0 Å². The molecule has 1 N–H and O–H groups in total. The van der Waals surface area contributed by atoms with Crippen molar-refractivity contribution in [1.29, 1.82) is 0 Å². The Kier molecular flexibility index (Phi) is 4.83. The van der Waals surface area contributed by atoms with Crippen molar-refractivity contribution in [2.24, 2.45) is 0 Å². The molecule has 1 aliphatic heterocycles. The van der Waals surface area contributed by atoms with Crippen LogP contribution in [0.3, 0.4) is 0 Å². The third-order valence-corrected chi connectivity index (χ3v) is 5.20. The van der Waals surface area contributed by atoms with Crippen LogP contribution in [0.4, 0.5) is 10.2 Å². The lowest BCUT2D eigenvalue weighted by Crippen LogP contribution is -2.40. The van der Waals surface area contributed by atoms with E-state index in [1.54, 1.807) is 18.2 Å². The van der Waals surface area contributed by atoms with Crippen LogP contribution in [0.2, 0.25) is 0 Å². The van der Waals surface area contributed by atoms with Gasteiger partial charge in [-0.25, -0.2) is 9.74 Å². The molecule has 1 aliphatic rings. The smallest absolute Gasteiger partial charge is 0.414 e. The zero-order valence-corrected chi connectivity index (χ0v) is 15.2. The van der Waals surface area contributed by atoms with E-state index in [2.05, 4.69) is 15.2 Å². The van der Waals surface area contributed by atoms with Crippen molar-refractivity contribution in [1.82, 2.24) is 4.90 Å². The van der Waals surface area contributed by atoms with E-state index in [1.807, 2.05) is 37.4 Å². The number of likely N-dealkylation sites (N-methyl/N-ethyl adjacent to an activating group) is 1. The molecule has 2 unspecified atom stereocenters. The van der Waals surface area contributed by atoms with Crippen molar-refractivity contribution in [2.45, 2.75) is 18.4 Å². The number of amides is 1. The van der Waals surface area contributed by atoms with Crippen LogP contribution < -0.4 is 5.32 Å². The molecule has 0 spiro atoms. The van der Waals surface area contributed by atoms with Gasteiger partial charge in [0.15, 0.2) is 0 Å². The summed E-state index contributed by atoms with van der Waals surface area (Å²) >= 11 is 0. The van der Waals surface area contributed by atoms with Gasteiger partial charge < -0.3 is 9.73 Å². The molecule has 28 heavy (non-hydrogen) atoms. The molecule has 0 bridgehead atoms. The van der Waals surface area contributed by atoms with Crippen LogP contribution in [0, 0.1) is 0 Å². The predicted octanol–water partition coefficient (Wildman–Crippen LogP) is 3.90. The molecule has 3 aromatic rings. The fourth-order valence-corrected chi connectivity index (χ4v) is 3.85. The molecule has 1 aromatic heterocycles. The minimum absolute atomic E-state index is 0.0971. The van der Waals surface area contributed by atoms with Crippen LogP contribution >= 0.6 is 0 Å². The lowest BCUT2D eigenvalue weighted by atomic mass is 9.91. The number of rotatable bonds is 4. The maximum absolute atomic E-state index is 13.0. The molecule has 0 saturated carbocycles. The van der Waals surface area contributed by atoms with Gasteiger partial charge in [0.25, 0.3) is 0 Å². The number of carbonyl (C=O) groups is 2. The molecule has 2 aromatic carbocycles. The summed E-state index contributed by atoms with van der Waals surface area (Å²) in [5.74, 6) is -1.41. The first kappa shape index (κ1) is 18.2. The maximum Gasteiger partial charge on any atom is 0.414 e. The number of carbonyl (C=O) groups excluding carboxylic acids is 2. The quantitative estimate of drug-likeness (QED) is 0.741. The van der Waals surface area contributed by atoms with Crippen LogP contribution in [0.25, 0.3) is 11.0 Å². The molecule has 6 nitrogen and oxygen atoms in total. The Hall–Kier alpha value is -3.19. The molecular weight excluding hydrogens is 363 g/mol. The lowest BCUT2D eigenvalue weighted by molar-refractivity contribution is -0.120. The molecule has 7 heteroatoms. The first-order chi connectivity index (χ1) is 13.6. The normalized spacial score (nSPS) is 19.6. The van der Waals surface area contributed by atoms with E-state index < -0.39 is 5.97 Å². The van der Waals surface area contributed by atoms with Crippen LogP contribution in [-0.2, 0) is 9.74 Å². The molecule has 4 rings (SSSR count). The first-order valence-corrected chi connectivity index (χ1v) is 8.99. The Balaban J connectivity index is 1.56. The molecule has 1 amide bonds. The number of nitrogens with zero attached hydrogens (tertiary/aromatic N) is 1. The lowest BCUT2D eigenvalue weighted by Gasteiger charge is -2.24. The van der Waals surface area contributed by atoms with Crippen molar-refractivity contribution in [2.75, 3.05) is 18.9 Å². The Morgan fingerprint density at radius 3 is 2.71 bits per heavy atom. The van der Waals surface area contributed by atoms with Crippen molar-refractivity contribution in [3.8, 4) is 0 Å². The summed E-state index contributed by atoms with van der Waals surface area (Å²) in [7, 11) is 1.95. The number of hydrogen-bond donors (Lipinski definition) is 1. The molecular formula is C21H19FN2O4.